The van der Waals surface area contributed by atoms with Crippen LogP contribution in [0.15, 0.2) is 41.0 Å². The van der Waals surface area contributed by atoms with E-state index in [2.05, 4.69) is 33.2 Å². The summed E-state index contributed by atoms with van der Waals surface area (Å²) in [5, 5.41) is 4.47. The molecular formula is C17H20BrCl2N3. The number of rotatable bonds is 7. The summed E-state index contributed by atoms with van der Waals surface area (Å²) < 4.78 is 0.934. The molecule has 1 heterocycles. The lowest BCUT2D eigenvalue weighted by Crippen LogP contribution is -2.50. The molecule has 0 aliphatic heterocycles. The molecule has 6 heteroatoms. The Morgan fingerprint density at radius 2 is 2.00 bits per heavy atom. The summed E-state index contributed by atoms with van der Waals surface area (Å²) in [6.45, 7) is 2.15. The average Bonchev–Trinajstić information content (AvgIpc) is 2.51. The molecular weight excluding hydrogens is 397 g/mol. The highest BCUT2D eigenvalue weighted by Gasteiger charge is 2.25. The van der Waals surface area contributed by atoms with Gasteiger partial charge in [-0.2, -0.15) is 0 Å². The third-order valence-corrected chi connectivity index (χ3v) is 4.79. The Labute approximate surface area is 155 Å². The van der Waals surface area contributed by atoms with Crippen LogP contribution >= 0.6 is 39.1 Å². The van der Waals surface area contributed by atoms with Gasteiger partial charge in [-0.3, -0.25) is 0 Å². The smallest absolute Gasteiger partial charge is 0.127 e. The van der Waals surface area contributed by atoms with Crippen LogP contribution in [0.4, 0.5) is 5.82 Å². The van der Waals surface area contributed by atoms with E-state index in [0.717, 1.165) is 35.1 Å². The fourth-order valence-corrected chi connectivity index (χ4v) is 2.96. The normalized spacial score (nSPS) is 13.6. The molecule has 1 atom stereocenters. The summed E-state index contributed by atoms with van der Waals surface area (Å²) in [6, 6.07) is 9.48. The number of anilines is 1. The van der Waals surface area contributed by atoms with Gasteiger partial charge in [0.2, 0.25) is 0 Å². The third-order valence-electron chi connectivity index (χ3n) is 3.58. The van der Waals surface area contributed by atoms with Gasteiger partial charge < -0.3 is 11.1 Å². The van der Waals surface area contributed by atoms with Gasteiger partial charge in [-0.15, -0.1) is 0 Å². The summed E-state index contributed by atoms with van der Waals surface area (Å²) in [7, 11) is 0. The Morgan fingerprint density at radius 3 is 2.61 bits per heavy atom. The van der Waals surface area contributed by atoms with Crippen molar-refractivity contribution >= 4 is 44.9 Å². The first-order chi connectivity index (χ1) is 10.9. The zero-order valence-electron chi connectivity index (χ0n) is 13.0. The first-order valence-corrected chi connectivity index (χ1v) is 9.09. The van der Waals surface area contributed by atoms with Crippen molar-refractivity contribution in [2.75, 3.05) is 5.32 Å². The van der Waals surface area contributed by atoms with Crippen molar-refractivity contribution in [3.8, 4) is 0 Å². The molecule has 1 unspecified atom stereocenters. The van der Waals surface area contributed by atoms with Gasteiger partial charge in [0.1, 0.15) is 5.82 Å². The first-order valence-electron chi connectivity index (χ1n) is 7.54. The van der Waals surface area contributed by atoms with Gasteiger partial charge in [0.15, 0.2) is 0 Å². The maximum Gasteiger partial charge on any atom is 0.127 e. The van der Waals surface area contributed by atoms with Crippen molar-refractivity contribution in [1.82, 2.24) is 4.98 Å². The van der Waals surface area contributed by atoms with Crippen LogP contribution in [0.2, 0.25) is 10.0 Å². The Hall–Kier alpha value is -0.810. The molecule has 1 aromatic heterocycles. The Kier molecular flexibility index (Phi) is 6.72. The molecule has 0 bridgehead atoms. The van der Waals surface area contributed by atoms with E-state index < -0.39 is 5.66 Å². The highest BCUT2D eigenvalue weighted by Crippen LogP contribution is 2.26. The minimum absolute atomic E-state index is 0.545. The molecule has 0 saturated heterocycles. The van der Waals surface area contributed by atoms with E-state index in [1.807, 2.05) is 24.3 Å². The van der Waals surface area contributed by atoms with E-state index in [1.54, 1.807) is 12.3 Å². The van der Waals surface area contributed by atoms with Gasteiger partial charge in [0.25, 0.3) is 0 Å². The SMILES string of the molecule is CCCCC(N)(Cc1ccc(Cl)c(Cl)c1)Nc1ccc(Br)cn1. The number of halogens is 3. The largest absolute Gasteiger partial charge is 0.352 e. The van der Waals surface area contributed by atoms with E-state index in [0.29, 0.717) is 16.5 Å². The predicted octanol–water partition coefficient (Wildman–Crippen LogP) is 5.65. The summed E-state index contributed by atoms with van der Waals surface area (Å²) in [4.78, 5) is 4.36. The lowest BCUT2D eigenvalue weighted by molar-refractivity contribution is 0.426. The van der Waals surface area contributed by atoms with Crippen molar-refractivity contribution in [2.24, 2.45) is 5.73 Å². The van der Waals surface area contributed by atoms with Crippen molar-refractivity contribution in [2.45, 2.75) is 38.3 Å². The second-order valence-corrected chi connectivity index (χ2v) is 7.40. The molecule has 0 amide bonds. The first kappa shape index (κ1) is 18.5. The standard InChI is InChI=1S/C17H20BrCl2N3/c1-2-3-8-17(21,23-16-7-5-13(18)11-22-16)10-12-4-6-14(19)15(20)9-12/h4-7,9,11H,2-3,8,10,21H2,1H3,(H,22,23). The van der Waals surface area contributed by atoms with E-state index in [-0.39, 0.29) is 0 Å². The zero-order chi connectivity index (χ0) is 16.9. The molecule has 0 spiro atoms. The Balaban J connectivity index is 2.19. The number of pyridine rings is 1. The molecule has 124 valence electrons. The monoisotopic (exact) mass is 415 g/mol. The number of nitrogens with one attached hydrogen (secondary N) is 1. The molecule has 2 aromatic rings. The summed E-state index contributed by atoms with van der Waals surface area (Å²) in [5.41, 5.74) is 7.09. The van der Waals surface area contributed by atoms with Crippen LogP contribution in [0.1, 0.15) is 31.7 Å². The molecule has 0 saturated carbocycles. The quantitative estimate of drug-likeness (QED) is 0.573. The fraction of sp³-hybridized carbons (Fsp3) is 0.353. The molecule has 3 N–H and O–H groups in total. The summed E-state index contributed by atoms with van der Waals surface area (Å²) in [5.74, 6) is 0.756. The lowest BCUT2D eigenvalue weighted by Gasteiger charge is -2.31. The van der Waals surface area contributed by atoms with Gasteiger partial charge in [0.05, 0.1) is 15.7 Å². The second-order valence-electron chi connectivity index (χ2n) is 5.67. The second kappa shape index (κ2) is 8.34. The van der Waals surface area contributed by atoms with Crippen molar-refractivity contribution < 1.29 is 0 Å². The van der Waals surface area contributed by atoms with Crippen molar-refractivity contribution in [3.63, 3.8) is 0 Å². The van der Waals surface area contributed by atoms with Crippen LogP contribution in [0, 0.1) is 0 Å². The average molecular weight is 417 g/mol. The van der Waals surface area contributed by atoms with Crippen LogP contribution in [0.3, 0.4) is 0 Å². The maximum atomic E-state index is 6.64. The molecule has 0 aliphatic carbocycles. The highest BCUT2D eigenvalue weighted by molar-refractivity contribution is 9.10. The number of hydrogen-bond donors (Lipinski definition) is 2. The Bertz CT molecular complexity index is 649. The summed E-state index contributed by atoms with van der Waals surface area (Å²) >= 11 is 15.5. The van der Waals surface area contributed by atoms with E-state index in [9.17, 15) is 0 Å². The van der Waals surface area contributed by atoms with E-state index >= 15 is 0 Å². The summed E-state index contributed by atoms with van der Waals surface area (Å²) in [6.07, 6.45) is 5.34. The lowest BCUT2D eigenvalue weighted by atomic mass is 9.94. The van der Waals surface area contributed by atoms with Crippen molar-refractivity contribution in [3.05, 3.63) is 56.6 Å². The van der Waals surface area contributed by atoms with Gasteiger partial charge in [-0.25, -0.2) is 4.98 Å². The minimum atomic E-state index is -0.589. The number of aromatic nitrogens is 1. The van der Waals surface area contributed by atoms with Crippen LogP contribution in [0.25, 0.3) is 0 Å². The van der Waals surface area contributed by atoms with E-state index in [4.69, 9.17) is 28.9 Å². The molecule has 23 heavy (non-hydrogen) atoms. The number of unbranched alkanes of at least 4 members (excludes halogenated alkanes) is 1. The van der Waals surface area contributed by atoms with Gasteiger partial charge >= 0.3 is 0 Å². The number of nitrogens with two attached hydrogens (primary N) is 1. The number of hydrogen-bond acceptors (Lipinski definition) is 3. The van der Waals surface area contributed by atoms with Gasteiger partial charge in [-0.05, 0) is 52.2 Å². The van der Waals surface area contributed by atoms with Crippen LogP contribution in [-0.2, 0) is 6.42 Å². The zero-order valence-corrected chi connectivity index (χ0v) is 16.0. The molecule has 0 aliphatic rings. The van der Waals surface area contributed by atoms with Crippen LogP contribution in [0.5, 0.6) is 0 Å². The molecule has 1 aromatic carbocycles. The van der Waals surface area contributed by atoms with Gasteiger partial charge in [0, 0.05) is 17.1 Å². The third kappa shape index (κ3) is 5.64. The number of nitrogens with zero attached hydrogens (tertiary/aromatic N) is 1. The number of benzene rings is 1. The van der Waals surface area contributed by atoms with Crippen LogP contribution < -0.4 is 11.1 Å². The topological polar surface area (TPSA) is 50.9 Å². The predicted molar refractivity (Wildman–Crippen MR) is 102 cm³/mol. The van der Waals surface area contributed by atoms with Gasteiger partial charge in [-0.1, -0.05) is 49.0 Å². The fourth-order valence-electron chi connectivity index (χ4n) is 2.41. The van der Waals surface area contributed by atoms with E-state index in [1.165, 1.54) is 0 Å². The maximum absolute atomic E-state index is 6.64. The highest BCUT2D eigenvalue weighted by atomic mass is 79.9. The minimum Gasteiger partial charge on any atom is -0.352 e. The molecule has 0 radical (unpaired) electrons. The Morgan fingerprint density at radius 1 is 1.22 bits per heavy atom. The molecule has 0 fully saturated rings. The van der Waals surface area contributed by atoms with Crippen LogP contribution in [-0.4, -0.2) is 10.6 Å². The molecule has 3 nitrogen and oxygen atoms in total. The van der Waals surface area contributed by atoms with Crippen molar-refractivity contribution in [1.29, 1.82) is 0 Å². The molecule has 2 rings (SSSR count).